The number of thiazole rings is 1. The van der Waals surface area contributed by atoms with Gasteiger partial charge in [0.15, 0.2) is 0 Å². The first-order chi connectivity index (χ1) is 15.4. The molecular formula is C21H10N4O6S. The van der Waals surface area contributed by atoms with Crippen LogP contribution in [0.3, 0.4) is 0 Å². The summed E-state index contributed by atoms with van der Waals surface area (Å²) >= 11 is 1.07. The van der Waals surface area contributed by atoms with Crippen molar-refractivity contribution in [3.8, 4) is 17.3 Å². The molecular weight excluding hydrogens is 436 g/mol. The SMILES string of the molecule is N#C/C(=C\c1ccccc1[N+](=O)[O-])c1nc(-c2cc3cc([N+](=O)[O-])ccc3oc2=O)cs1. The Balaban J connectivity index is 1.78. The lowest BCUT2D eigenvalue weighted by atomic mass is 10.1. The van der Waals surface area contributed by atoms with Crippen LogP contribution in [0.2, 0.25) is 0 Å². The fourth-order valence-corrected chi connectivity index (χ4v) is 3.78. The molecule has 11 heteroatoms. The topological polar surface area (TPSA) is 153 Å². The van der Waals surface area contributed by atoms with Gasteiger partial charge < -0.3 is 4.42 Å². The molecule has 2 aromatic carbocycles. The number of benzene rings is 2. The number of nitro groups is 2. The Morgan fingerprint density at radius 3 is 2.62 bits per heavy atom. The van der Waals surface area contributed by atoms with E-state index in [4.69, 9.17) is 4.42 Å². The summed E-state index contributed by atoms with van der Waals surface area (Å²) in [4.78, 5) is 37.9. The summed E-state index contributed by atoms with van der Waals surface area (Å²) in [6.45, 7) is 0. The van der Waals surface area contributed by atoms with Crippen molar-refractivity contribution in [2.45, 2.75) is 0 Å². The minimum Gasteiger partial charge on any atom is -0.422 e. The van der Waals surface area contributed by atoms with Crippen LogP contribution in [0.4, 0.5) is 11.4 Å². The second-order valence-electron chi connectivity index (χ2n) is 6.45. The highest BCUT2D eigenvalue weighted by Crippen LogP contribution is 2.30. The zero-order valence-electron chi connectivity index (χ0n) is 15.9. The molecule has 0 atom stereocenters. The Morgan fingerprint density at radius 1 is 1.12 bits per heavy atom. The number of fused-ring (bicyclic) bond motifs is 1. The molecule has 4 rings (SSSR count). The molecule has 0 N–H and O–H groups in total. The number of nitriles is 1. The van der Waals surface area contributed by atoms with E-state index < -0.39 is 15.5 Å². The van der Waals surface area contributed by atoms with Crippen LogP contribution >= 0.6 is 11.3 Å². The molecule has 0 aliphatic rings. The maximum atomic E-state index is 12.4. The first-order valence-electron chi connectivity index (χ1n) is 8.91. The number of hydrogen-bond donors (Lipinski definition) is 0. The molecule has 2 aromatic heterocycles. The lowest BCUT2D eigenvalue weighted by Crippen LogP contribution is -2.03. The number of allylic oxidation sites excluding steroid dienone is 1. The molecule has 0 bridgehead atoms. The van der Waals surface area contributed by atoms with Crippen LogP contribution in [0.5, 0.6) is 0 Å². The number of hydrogen-bond acceptors (Lipinski definition) is 9. The van der Waals surface area contributed by atoms with E-state index in [1.807, 2.05) is 6.07 Å². The molecule has 0 amide bonds. The third-order valence-corrected chi connectivity index (χ3v) is 5.37. The fraction of sp³-hybridized carbons (Fsp3) is 0. The van der Waals surface area contributed by atoms with E-state index in [2.05, 4.69) is 4.98 Å². The highest BCUT2D eigenvalue weighted by Gasteiger charge is 2.17. The number of non-ortho nitro benzene ring substituents is 1. The second-order valence-corrected chi connectivity index (χ2v) is 7.31. The van der Waals surface area contributed by atoms with Gasteiger partial charge in [0.1, 0.15) is 16.7 Å². The Bertz CT molecular complexity index is 1530. The first kappa shape index (κ1) is 20.6. The van der Waals surface area contributed by atoms with Gasteiger partial charge in [-0.2, -0.15) is 5.26 Å². The molecule has 2 heterocycles. The van der Waals surface area contributed by atoms with Crippen LogP contribution in [0, 0.1) is 31.6 Å². The smallest absolute Gasteiger partial charge is 0.345 e. The summed E-state index contributed by atoms with van der Waals surface area (Å²) < 4.78 is 5.25. The van der Waals surface area contributed by atoms with E-state index in [1.54, 1.807) is 6.07 Å². The van der Waals surface area contributed by atoms with Gasteiger partial charge in [-0.25, -0.2) is 9.78 Å². The molecule has 156 valence electrons. The number of nitro benzene ring substituents is 2. The second kappa shape index (κ2) is 8.21. The first-order valence-corrected chi connectivity index (χ1v) is 9.79. The standard InChI is InChI=1S/C21H10N4O6S/c22-10-14(7-12-3-1-2-4-18(12)25(29)30)20-23-17(11-32-20)16-9-13-8-15(24(27)28)5-6-19(13)31-21(16)26/h1-9,11H/b14-7+. The zero-order valence-corrected chi connectivity index (χ0v) is 16.7. The molecule has 0 saturated carbocycles. The predicted molar refractivity (Wildman–Crippen MR) is 117 cm³/mol. The van der Waals surface area contributed by atoms with Crippen molar-refractivity contribution in [3.63, 3.8) is 0 Å². The van der Waals surface area contributed by atoms with Gasteiger partial charge in [0, 0.05) is 29.0 Å². The van der Waals surface area contributed by atoms with Gasteiger partial charge in [0.05, 0.1) is 32.2 Å². The van der Waals surface area contributed by atoms with Gasteiger partial charge in [-0.05, 0) is 24.3 Å². The van der Waals surface area contributed by atoms with Gasteiger partial charge in [0.2, 0.25) is 0 Å². The molecule has 10 nitrogen and oxygen atoms in total. The van der Waals surface area contributed by atoms with Crippen molar-refractivity contribution in [3.05, 3.63) is 95.1 Å². The summed E-state index contributed by atoms with van der Waals surface area (Å²) in [6, 6.07) is 13.2. The van der Waals surface area contributed by atoms with Crippen LogP contribution < -0.4 is 5.63 Å². The summed E-state index contributed by atoms with van der Waals surface area (Å²) in [5.74, 6) is 0. The lowest BCUT2D eigenvalue weighted by Gasteiger charge is -2.00. The molecule has 0 saturated heterocycles. The van der Waals surface area contributed by atoms with E-state index in [9.17, 15) is 30.3 Å². The maximum absolute atomic E-state index is 12.4. The average Bonchev–Trinajstić information content (AvgIpc) is 3.26. The van der Waals surface area contributed by atoms with E-state index in [0.29, 0.717) is 5.39 Å². The summed E-state index contributed by atoms with van der Waals surface area (Å²) in [5.41, 5.74) is -0.207. The minimum absolute atomic E-state index is 0.0727. The molecule has 0 spiro atoms. The Morgan fingerprint density at radius 2 is 1.91 bits per heavy atom. The summed E-state index contributed by atoms with van der Waals surface area (Å²) in [6.07, 6.45) is 1.35. The Labute approximate surface area is 182 Å². The van der Waals surface area contributed by atoms with E-state index in [0.717, 1.165) is 11.3 Å². The third kappa shape index (κ3) is 3.85. The van der Waals surface area contributed by atoms with E-state index in [1.165, 1.54) is 53.9 Å². The van der Waals surface area contributed by atoms with Gasteiger partial charge in [-0.3, -0.25) is 20.2 Å². The van der Waals surface area contributed by atoms with Gasteiger partial charge >= 0.3 is 5.63 Å². The average molecular weight is 446 g/mol. The highest BCUT2D eigenvalue weighted by atomic mass is 32.1. The van der Waals surface area contributed by atoms with E-state index in [-0.39, 0.29) is 44.4 Å². The van der Waals surface area contributed by atoms with E-state index >= 15 is 0 Å². The minimum atomic E-state index is -0.690. The van der Waals surface area contributed by atoms with Crippen molar-refractivity contribution < 1.29 is 14.3 Å². The predicted octanol–water partition coefficient (Wildman–Crippen LogP) is 4.80. The molecule has 0 fully saturated rings. The van der Waals surface area contributed by atoms with Crippen molar-refractivity contribution in [1.29, 1.82) is 5.26 Å². The molecule has 0 radical (unpaired) electrons. The van der Waals surface area contributed by atoms with Crippen LogP contribution in [0.15, 0.2) is 63.1 Å². The summed E-state index contributed by atoms with van der Waals surface area (Å²) in [7, 11) is 0. The lowest BCUT2D eigenvalue weighted by molar-refractivity contribution is -0.385. The normalized spacial score (nSPS) is 11.3. The third-order valence-electron chi connectivity index (χ3n) is 4.49. The van der Waals surface area contributed by atoms with Crippen molar-refractivity contribution >= 4 is 45.3 Å². The largest absolute Gasteiger partial charge is 0.422 e. The molecule has 0 aliphatic carbocycles. The number of para-hydroxylation sites is 1. The van der Waals surface area contributed by atoms with Gasteiger partial charge in [-0.1, -0.05) is 12.1 Å². The number of aromatic nitrogens is 1. The van der Waals surface area contributed by atoms with Gasteiger partial charge in [-0.15, -0.1) is 11.3 Å². The van der Waals surface area contributed by atoms with Crippen LogP contribution in [0.1, 0.15) is 10.6 Å². The molecule has 0 unspecified atom stereocenters. The van der Waals surface area contributed by atoms with Crippen molar-refractivity contribution in [2.24, 2.45) is 0 Å². The highest BCUT2D eigenvalue weighted by molar-refractivity contribution is 7.11. The quantitative estimate of drug-likeness (QED) is 0.183. The zero-order chi connectivity index (χ0) is 22.8. The maximum Gasteiger partial charge on any atom is 0.345 e. The number of rotatable bonds is 5. The van der Waals surface area contributed by atoms with Crippen molar-refractivity contribution in [2.75, 3.05) is 0 Å². The summed E-state index contributed by atoms with van der Waals surface area (Å²) in [5, 5.41) is 33.9. The van der Waals surface area contributed by atoms with Crippen LogP contribution in [-0.4, -0.2) is 14.8 Å². The molecule has 0 aliphatic heterocycles. The Hall–Kier alpha value is -4.69. The molecule has 4 aromatic rings. The fourth-order valence-electron chi connectivity index (χ4n) is 3.00. The van der Waals surface area contributed by atoms with Crippen molar-refractivity contribution in [1.82, 2.24) is 4.98 Å². The molecule has 32 heavy (non-hydrogen) atoms. The van der Waals surface area contributed by atoms with Crippen LogP contribution in [0.25, 0.3) is 33.9 Å². The van der Waals surface area contributed by atoms with Gasteiger partial charge in [0.25, 0.3) is 11.4 Å². The number of nitrogens with zero attached hydrogens (tertiary/aromatic N) is 4. The Kier molecular flexibility index (Phi) is 5.28. The monoisotopic (exact) mass is 446 g/mol. The van der Waals surface area contributed by atoms with Crippen LogP contribution in [-0.2, 0) is 0 Å².